The third-order valence-electron chi connectivity index (χ3n) is 3.19. The van der Waals surface area contributed by atoms with Crippen LogP contribution in [0.5, 0.6) is 11.5 Å². The van der Waals surface area contributed by atoms with Crippen LogP contribution in [0.15, 0.2) is 18.2 Å². The number of hydrogen-bond acceptors (Lipinski definition) is 5. The van der Waals surface area contributed by atoms with Crippen LogP contribution < -0.4 is 20.5 Å². The van der Waals surface area contributed by atoms with Gasteiger partial charge in [0.25, 0.3) is 0 Å². The van der Waals surface area contributed by atoms with Gasteiger partial charge in [-0.05, 0) is 19.1 Å². The van der Waals surface area contributed by atoms with E-state index in [1.807, 2.05) is 6.92 Å². The van der Waals surface area contributed by atoms with Crippen LogP contribution in [0, 0.1) is 5.92 Å². The SMILES string of the molecule is CCOc1cc(NC(=O)C2COCC2N)ccc1OC. The summed E-state index contributed by atoms with van der Waals surface area (Å²) in [6.07, 6.45) is 0. The number of rotatable bonds is 5. The number of amides is 1. The van der Waals surface area contributed by atoms with E-state index in [1.165, 1.54) is 0 Å². The van der Waals surface area contributed by atoms with Crippen LogP contribution in [0.1, 0.15) is 6.92 Å². The fraction of sp³-hybridized carbons (Fsp3) is 0.500. The summed E-state index contributed by atoms with van der Waals surface area (Å²) in [7, 11) is 1.57. The number of anilines is 1. The number of nitrogens with one attached hydrogen (secondary N) is 1. The normalized spacial score (nSPS) is 21.6. The molecule has 1 heterocycles. The third-order valence-corrected chi connectivity index (χ3v) is 3.19. The van der Waals surface area contributed by atoms with Gasteiger partial charge in [-0.3, -0.25) is 4.79 Å². The molecule has 1 amide bonds. The smallest absolute Gasteiger partial charge is 0.231 e. The van der Waals surface area contributed by atoms with Crippen LogP contribution in [-0.4, -0.2) is 38.9 Å². The first-order valence-electron chi connectivity index (χ1n) is 6.60. The van der Waals surface area contributed by atoms with Gasteiger partial charge >= 0.3 is 0 Å². The van der Waals surface area contributed by atoms with Gasteiger partial charge in [0.05, 0.1) is 32.8 Å². The molecule has 6 nitrogen and oxygen atoms in total. The molecule has 1 saturated heterocycles. The standard InChI is InChI=1S/C14H20N2O4/c1-3-20-13-6-9(4-5-12(13)18-2)16-14(17)10-7-19-8-11(10)15/h4-6,10-11H,3,7-8,15H2,1-2H3,(H,16,17). The number of nitrogens with two attached hydrogens (primary N) is 1. The van der Waals surface area contributed by atoms with E-state index >= 15 is 0 Å². The average molecular weight is 280 g/mol. The van der Waals surface area contributed by atoms with Gasteiger partial charge in [0.1, 0.15) is 0 Å². The minimum absolute atomic E-state index is 0.136. The molecule has 0 spiro atoms. The molecule has 0 bridgehead atoms. The maximum Gasteiger partial charge on any atom is 0.231 e. The number of ether oxygens (including phenoxy) is 3. The summed E-state index contributed by atoms with van der Waals surface area (Å²) >= 11 is 0. The molecule has 3 N–H and O–H groups in total. The van der Waals surface area contributed by atoms with Gasteiger partial charge in [0.15, 0.2) is 11.5 Å². The minimum atomic E-state index is -0.312. The molecular formula is C14H20N2O4. The lowest BCUT2D eigenvalue weighted by Crippen LogP contribution is -2.37. The van der Waals surface area contributed by atoms with Crippen molar-refractivity contribution in [3.05, 3.63) is 18.2 Å². The van der Waals surface area contributed by atoms with Crippen molar-refractivity contribution in [3.63, 3.8) is 0 Å². The molecule has 2 rings (SSSR count). The molecule has 1 aliphatic rings. The van der Waals surface area contributed by atoms with E-state index in [9.17, 15) is 4.79 Å². The Morgan fingerprint density at radius 3 is 2.85 bits per heavy atom. The topological polar surface area (TPSA) is 82.8 Å². The highest BCUT2D eigenvalue weighted by Gasteiger charge is 2.31. The Balaban J connectivity index is 2.09. The summed E-state index contributed by atoms with van der Waals surface area (Å²) in [5.41, 5.74) is 6.48. The lowest BCUT2D eigenvalue weighted by molar-refractivity contribution is -0.120. The van der Waals surface area contributed by atoms with Gasteiger partial charge < -0.3 is 25.3 Å². The van der Waals surface area contributed by atoms with E-state index in [1.54, 1.807) is 25.3 Å². The molecule has 1 aromatic rings. The summed E-state index contributed by atoms with van der Waals surface area (Å²) in [6, 6.07) is 5.01. The Bertz CT molecular complexity index is 478. The summed E-state index contributed by atoms with van der Waals surface area (Å²) < 4.78 is 15.9. The van der Waals surface area contributed by atoms with Gasteiger partial charge in [-0.25, -0.2) is 0 Å². The fourth-order valence-electron chi connectivity index (χ4n) is 2.10. The predicted molar refractivity (Wildman–Crippen MR) is 75.1 cm³/mol. The second kappa shape index (κ2) is 6.58. The summed E-state index contributed by atoms with van der Waals surface area (Å²) in [4.78, 5) is 12.1. The van der Waals surface area contributed by atoms with E-state index in [0.717, 1.165) is 0 Å². The predicted octanol–water partition coefficient (Wildman–Crippen LogP) is 1.01. The second-order valence-corrected chi connectivity index (χ2v) is 4.60. The van der Waals surface area contributed by atoms with Crippen LogP contribution in [0.3, 0.4) is 0 Å². The molecule has 1 aliphatic heterocycles. The van der Waals surface area contributed by atoms with Crippen molar-refractivity contribution in [2.24, 2.45) is 11.7 Å². The van der Waals surface area contributed by atoms with Crippen molar-refractivity contribution in [1.82, 2.24) is 0 Å². The van der Waals surface area contributed by atoms with Crippen molar-refractivity contribution >= 4 is 11.6 Å². The Morgan fingerprint density at radius 2 is 2.25 bits per heavy atom. The quantitative estimate of drug-likeness (QED) is 0.841. The Hall–Kier alpha value is -1.79. The third kappa shape index (κ3) is 3.20. The number of hydrogen-bond donors (Lipinski definition) is 2. The number of carbonyl (C=O) groups excluding carboxylic acids is 1. The van der Waals surface area contributed by atoms with Crippen LogP contribution in [-0.2, 0) is 9.53 Å². The zero-order valence-electron chi connectivity index (χ0n) is 11.7. The largest absolute Gasteiger partial charge is 0.493 e. The zero-order chi connectivity index (χ0) is 14.5. The molecule has 2 atom stereocenters. The van der Waals surface area contributed by atoms with Gasteiger partial charge in [0, 0.05) is 17.8 Å². The first kappa shape index (κ1) is 14.6. The van der Waals surface area contributed by atoms with Crippen LogP contribution in [0.4, 0.5) is 5.69 Å². The Kier molecular flexibility index (Phi) is 4.81. The van der Waals surface area contributed by atoms with Crippen molar-refractivity contribution in [2.75, 3.05) is 32.2 Å². The average Bonchev–Trinajstić information content (AvgIpc) is 2.86. The molecule has 1 aromatic carbocycles. The van der Waals surface area contributed by atoms with E-state index in [4.69, 9.17) is 19.9 Å². The molecule has 0 saturated carbocycles. The molecule has 2 unspecified atom stereocenters. The van der Waals surface area contributed by atoms with Gasteiger partial charge in [-0.15, -0.1) is 0 Å². The van der Waals surface area contributed by atoms with E-state index in [0.29, 0.717) is 37.0 Å². The summed E-state index contributed by atoms with van der Waals surface area (Å²) in [6.45, 7) is 3.20. The molecule has 0 aromatic heterocycles. The molecule has 0 aliphatic carbocycles. The minimum Gasteiger partial charge on any atom is -0.493 e. The van der Waals surface area contributed by atoms with Crippen LogP contribution >= 0.6 is 0 Å². The van der Waals surface area contributed by atoms with Crippen LogP contribution in [0.2, 0.25) is 0 Å². The van der Waals surface area contributed by atoms with E-state index in [2.05, 4.69) is 5.32 Å². The zero-order valence-corrected chi connectivity index (χ0v) is 11.7. The number of methoxy groups -OCH3 is 1. The second-order valence-electron chi connectivity index (χ2n) is 4.60. The molecular weight excluding hydrogens is 260 g/mol. The lowest BCUT2D eigenvalue weighted by atomic mass is 10.0. The maximum absolute atomic E-state index is 12.1. The number of benzene rings is 1. The summed E-state index contributed by atoms with van der Waals surface area (Å²) in [5, 5.41) is 2.83. The highest BCUT2D eigenvalue weighted by atomic mass is 16.5. The highest BCUT2D eigenvalue weighted by Crippen LogP contribution is 2.30. The molecule has 0 radical (unpaired) electrons. The monoisotopic (exact) mass is 280 g/mol. The van der Waals surface area contributed by atoms with Gasteiger partial charge in [-0.2, -0.15) is 0 Å². The molecule has 20 heavy (non-hydrogen) atoms. The number of carbonyl (C=O) groups is 1. The first-order chi connectivity index (χ1) is 9.65. The summed E-state index contributed by atoms with van der Waals surface area (Å²) in [5.74, 6) is 0.779. The highest BCUT2D eigenvalue weighted by molar-refractivity contribution is 5.93. The lowest BCUT2D eigenvalue weighted by Gasteiger charge is -2.15. The Morgan fingerprint density at radius 1 is 1.45 bits per heavy atom. The van der Waals surface area contributed by atoms with Crippen molar-refractivity contribution in [1.29, 1.82) is 0 Å². The fourth-order valence-corrected chi connectivity index (χ4v) is 2.10. The van der Waals surface area contributed by atoms with E-state index in [-0.39, 0.29) is 17.9 Å². The van der Waals surface area contributed by atoms with Crippen molar-refractivity contribution < 1.29 is 19.0 Å². The molecule has 6 heteroatoms. The molecule has 1 fully saturated rings. The molecule has 110 valence electrons. The van der Waals surface area contributed by atoms with Crippen molar-refractivity contribution in [3.8, 4) is 11.5 Å². The van der Waals surface area contributed by atoms with Crippen LogP contribution in [0.25, 0.3) is 0 Å². The van der Waals surface area contributed by atoms with E-state index < -0.39 is 0 Å². The first-order valence-corrected chi connectivity index (χ1v) is 6.60. The Labute approximate surface area is 118 Å². The van der Waals surface area contributed by atoms with Gasteiger partial charge in [-0.1, -0.05) is 0 Å². The maximum atomic E-state index is 12.1. The van der Waals surface area contributed by atoms with Gasteiger partial charge in [0.2, 0.25) is 5.91 Å². The van der Waals surface area contributed by atoms with Crippen molar-refractivity contribution in [2.45, 2.75) is 13.0 Å².